The van der Waals surface area contributed by atoms with Gasteiger partial charge in [-0.25, -0.2) is 5.01 Å². The number of hydrogen-bond acceptors (Lipinski definition) is 2. The Morgan fingerprint density at radius 3 is 2.36 bits per heavy atom. The topological polar surface area (TPSA) is 15.3 Å². The molecule has 0 rings (SSSR count). The molecule has 68 valence electrons. The van der Waals surface area contributed by atoms with Crippen LogP contribution in [0, 0.1) is 0 Å². The van der Waals surface area contributed by atoms with Crippen molar-refractivity contribution in [2.24, 2.45) is 0 Å². The zero-order chi connectivity index (χ0) is 8.53. The van der Waals surface area contributed by atoms with Gasteiger partial charge in [0.15, 0.2) is 0 Å². The summed E-state index contributed by atoms with van der Waals surface area (Å²) in [6, 6.07) is 0. The van der Waals surface area contributed by atoms with E-state index in [4.69, 9.17) is 0 Å². The van der Waals surface area contributed by atoms with E-state index in [0.717, 1.165) is 6.54 Å². The SMILES string of the molecule is CCCCCN(C)NCCC. The van der Waals surface area contributed by atoms with Crippen molar-refractivity contribution in [2.75, 3.05) is 20.1 Å². The summed E-state index contributed by atoms with van der Waals surface area (Å²) in [6.45, 7) is 6.70. The third kappa shape index (κ3) is 7.82. The van der Waals surface area contributed by atoms with Gasteiger partial charge in [-0.1, -0.05) is 26.7 Å². The van der Waals surface area contributed by atoms with Crippen molar-refractivity contribution in [3.8, 4) is 0 Å². The van der Waals surface area contributed by atoms with Gasteiger partial charge in [0.2, 0.25) is 0 Å². The van der Waals surface area contributed by atoms with Gasteiger partial charge in [0.25, 0.3) is 0 Å². The first kappa shape index (κ1) is 10.9. The highest BCUT2D eigenvalue weighted by atomic mass is 15.5. The normalized spacial score (nSPS) is 10.9. The van der Waals surface area contributed by atoms with E-state index in [2.05, 4.69) is 31.3 Å². The van der Waals surface area contributed by atoms with Gasteiger partial charge in [0, 0.05) is 20.1 Å². The summed E-state index contributed by atoms with van der Waals surface area (Å²) < 4.78 is 0. The summed E-state index contributed by atoms with van der Waals surface area (Å²) in [4.78, 5) is 0. The molecular weight excluding hydrogens is 136 g/mol. The zero-order valence-corrected chi connectivity index (χ0v) is 8.19. The molecule has 0 atom stereocenters. The van der Waals surface area contributed by atoms with Gasteiger partial charge in [0.1, 0.15) is 0 Å². The average molecular weight is 158 g/mol. The van der Waals surface area contributed by atoms with E-state index in [0.29, 0.717) is 0 Å². The monoisotopic (exact) mass is 158 g/mol. The van der Waals surface area contributed by atoms with Crippen molar-refractivity contribution in [2.45, 2.75) is 39.5 Å². The van der Waals surface area contributed by atoms with Crippen LogP contribution in [0.25, 0.3) is 0 Å². The van der Waals surface area contributed by atoms with Gasteiger partial charge < -0.3 is 0 Å². The average Bonchev–Trinajstić information content (AvgIpc) is 2.01. The van der Waals surface area contributed by atoms with Crippen LogP contribution < -0.4 is 5.43 Å². The smallest absolute Gasteiger partial charge is 0.0127 e. The quantitative estimate of drug-likeness (QED) is 0.450. The second-order valence-electron chi connectivity index (χ2n) is 3.04. The molecule has 0 aromatic rings. The Kier molecular flexibility index (Phi) is 7.96. The van der Waals surface area contributed by atoms with Crippen LogP contribution in [-0.2, 0) is 0 Å². The number of nitrogens with zero attached hydrogens (tertiary/aromatic N) is 1. The maximum Gasteiger partial charge on any atom is 0.0127 e. The van der Waals surface area contributed by atoms with Crippen LogP contribution in [0.1, 0.15) is 39.5 Å². The fraction of sp³-hybridized carbons (Fsp3) is 1.00. The number of hydrogen-bond donors (Lipinski definition) is 1. The third-order valence-electron chi connectivity index (χ3n) is 1.73. The van der Waals surface area contributed by atoms with Gasteiger partial charge in [-0.2, -0.15) is 0 Å². The molecule has 0 spiro atoms. The van der Waals surface area contributed by atoms with Crippen LogP contribution >= 0.6 is 0 Å². The number of rotatable bonds is 7. The number of hydrazine groups is 1. The molecule has 0 unspecified atom stereocenters. The first-order chi connectivity index (χ1) is 5.31. The molecule has 1 N–H and O–H groups in total. The third-order valence-corrected chi connectivity index (χ3v) is 1.73. The van der Waals surface area contributed by atoms with E-state index in [-0.39, 0.29) is 0 Å². The summed E-state index contributed by atoms with van der Waals surface area (Å²) in [7, 11) is 2.12. The van der Waals surface area contributed by atoms with Crippen molar-refractivity contribution >= 4 is 0 Å². The van der Waals surface area contributed by atoms with Crippen LogP contribution in [0.15, 0.2) is 0 Å². The lowest BCUT2D eigenvalue weighted by Gasteiger charge is -2.16. The van der Waals surface area contributed by atoms with Crippen molar-refractivity contribution in [1.82, 2.24) is 10.4 Å². The predicted octanol–water partition coefficient (Wildman–Crippen LogP) is 2.02. The van der Waals surface area contributed by atoms with E-state index in [9.17, 15) is 0 Å². The first-order valence-corrected chi connectivity index (χ1v) is 4.75. The van der Waals surface area contributed by atoms with Gasteiger partial charge in [-0.05, 0) is 12.8 Å². The minimum Gasteiger partial charge on any atom is -0.255 e. The summed E-state index contributed by atoms with van der Waals surface area (Å²) in [5.41, 5.74) is 3.32. The molecule has 0 saturated heterocycles. The molecule has 0 heterocycles. The molecule has 2 heteroatoms. The van der Waals surface area contributed by atoms with Crippen molar-refractivity contribution in [3.05, 3.63) is 0 Å². The lowest BCUT2D eigenvalue weighted by molar-refractivity contribution is 0.231. The molecule has 0 aliphatic rings. The Morgan fingerprint density at radius 1 is 1.09 bits per heavy atom. The second-order valence-corrected chi connectivity index (χ2v) is 3.04. The molecule has 0 fully saturated rings. The van der Waals surface area contributed by atoms with Crippen molar-refractivity contribution in [1.29, 1.82) is 0 Å². The molecule has 0 aromatic carbocycles. The van der Waals surface area contributed by atoms with Crippen LogP contribution in [0.3, 0.4) is 0 Å². The highest BCUT2D eigenvalue weighted by Gasteiger charge is 1.93. The maximum absolute atomic E-state index is 3.32. The first-order valence-electron chi connectivity index (χ1n) is 4.75. The van der Waals surface area contributed by atoms with E-state index in [1.54, 1.807) is 0 Å². The van der Waals surface area contributed by atoms with Gasteiger partial charge in [-0.15, -0.1) is 0 Å². The summed E-state index contributed by atoms with van der Waals surface area (Å²) >= 11 is 0. The van der Waals surface area contributed by atoms with Crippen molar-refractivity contribution < 1.29 is 0 Å². The van der Waals surface area contributed by atoms with Crippen LogP contribution in [-0.4, -0.2) is 25.1 Å². The lowest BCUT2D eigenvalue weighted by Crippen LogP contribution is -2.35. The Morgan fingerprint density at radius 2 is 1.82 bits per heavy atom. The van der Waals surface area contributed by atoms with Crippen LogP contribution in [0.5, 0.6) is 0 Å². The highest BCUT2D eigenvalue weighted by Crippen LogP contribution is 1.93. The Hall–Kier alpha value is -0.0800. The summed E-state index contributed by atoms with van der Waals surface area (Å²) in [5.74, 6) is 0. The van der Waals surface area contributed by atoms with Gasteiger partial charge in [0.05, 0.1) is 0 Å². The Labute approximate surface area is 70.9 Å². The molecule has 11 heavy (non-hydrogen) atoms. The van der Waals surface area contributed by atoms with Crippen LogP contribution in [0.2, 0.25) is 0 Å². The largest absolute Gasteiger partial charge is 0.255 e. The molecule has 0 aliphatic heterocycles. The lowest BCUT2D eigenvalue weighted by atomic mass is 10.2. The molecule has 0 amide bonds. The van der Waals surface area contributed by atoms with E-state index in [1.165, 1.54) is 32.2 Å². The molecule has 0 aromatic heterocycles. The van der Waals surface area contributed by atoms with Gasteiger partial charge in [-0.3, -0.25) is 5.43 Å². The second kappa shape index (κ2) is 8.02. The van der Waals surface area contributed by atoms with E-state index in [1.807, 2.05) is 0 Å². The molecule has 0 saturated carbocycles. The molecule has 0 radical (unpaired) electrons. The molecular formula is C9H22N2. The van der Waals surface area contributed by atoms with E-state index >= 15 is 0 Å². The Balaban J connectivity index is 3.02. The zero-order valence-electron chi connectivity index (χ0n) is 8.19. The van der Waals surface area contributed by atoms with Gasteiger partial charge >= 0.3 is 0 Å². The standard InChI is InChI=1S/C9H22N2/c1-4-6-7-9-11(3)10-8-5-2/h10H,4-9H2,1-3H3. The fourth-order valence-corrected chi connectivity index (χ4v) is 0.981. The minimum absolute atomic E-state index is 1.10. The maximum atomic E-state index is 3.32. The fourth-order valence-electron chi connectivity index (χ4n) is 0.981. The molecule has 0 bridgehead atoms. The minimum atomic E-state index is 1.10. The molecule has 0 aliphatic carbocycles. The van der Waals surface area contributed by atoms with Crippen LogP contribution in [0.4, 0.5) is 0 Å². The summed E-state index contributed by atoms with van der Waals surface area (Å²) in [6.07, 6.45) is 5.17. The summed E-state index contributed by atoms with van der Waals surface area (Å²) in [5, 5.41) is 2.19. The van der Waals surface area contributed by atoms with Crippen molar-refractivity contribution in [3.63, 3.8) is 0 Å². The predicted molar refractivity (Wildman–Crippen MR) is 50.4 cm³/mol. The Bertz CT molecular complexity index is 74.0. The van der Waals surface area contributed by atoms with E-state index < -0.39 is 0 Å². The highest BCUT2D eigenvalue weighted by molar-refractivity contribution is 4.45. The number of unbranched alkanes of at least 4 members (excludes halogenated alkanes) is 2. The molecule has 2 nitrogen and oxygen atoms in total. The number of nitrogens with one attached hydrogen (secondary N) is 1.